The zero-order chi connectivity index (χ0) is 14.0. The van der Waals surface area contributed by atoms with Gasteiger partial charge in [0.05, 0.1) is 11.7 Å². The molecular formula is C15H23N3O. The summed E-state index contributed by atoms with van der Waals surface area (Å²) in [6.07, 6.45) is 0. The van der Waals surface area contributed by atoms with Crippen LogP contribution in [0.1, 0.15) is 30.9 Å². The van der Waals surface area contributed by atoms with E-state index in [1.165, 1.54) is 5.56 Å². The molecule has 2 N–H and O–H groups in total. The number of para-hydroxylation sites is 1. The molecule has 2 amide bonds. The molecule has 0 aromatic heterocycles. The predicted octanol–water partition coefficient (Wildman–Crippen LogP) is 2.24. The van der Waals surface area contributed by atoms with Crippen molar-refractivity contribution < 1.29 is 4.79 Å². The topological polar surface area (TPSA) is 44.4 Å². The molecule has 1 atom stereocenters. The molecule has 4 heteroatoms. The van der Waals surface area contributed by atoms with Gasteiger partial charge in [-0.3, -0.25) is 4.90 Å². The standard InChI is InChI=1S/C15H23N3O/c1-10(2)13-7-5-6-11(3)14(13)18-9-12(8-16-4)17-15(18)19/h5-7,10,12,16H,8-9H2,1-4H3,(H,17,19). The van der Waals surface area contributed by atoms with Crippen LogP contribution in [0.25, 0.3) is 0 Å². The van der Waals surface area contributed by atoms with Gasteiger partial charge in [-0.25, -0.2) is 4.79 Å². The van der Waals surface area contributed by atoms with Crippen molar-refractivity contribution >= 4 is 11.7 Å². The molecular weight excluding hydrogens is 238 g/mol. The molecule has 1 aliphatic heterocycles. The van der Waals surface area contributed by atoms with E-state index in [4.69, 9.17) is 0 Å². The summed E-state index contributed by atoms with van der Waals surface area (Å²) in [4.78, 5) is 14.1. The number of hydrogen-bond donors (Lipinski definition) is 2. The van der Waals surface area contributed by atoms with E-state index in [0.717, 1.165) is 24.3 Å². The van der Waals surface area contributed by atoms with Gasteiger partial charge in [-0.2, -0.15) is 0 Å². The van der Waals surface area contributed by atoms with Gasteiger partial charge in [-0.05, 0) is 31.0 Å². The third kappa shape index (κ3) is 2.73. The Bertz CT molecular complexity index is 470. The van der Waals surface area contributed by atoms with Crippen LogP contribution in [0.15, 0.2) is 18.2 Å². The summed E-state index contributed by atoms with van der Waals surface area (Å²) in [6.45, 7) is 7.92. The molecule has 0 aliphatic carbocycles. The molecule has 104 valence electrons. The van der Waals surface area contributed by atoms with Crippen LogP contribution in [0.2, 0.25) is 0 Å². The zero-order valence-electron chi connectivity index (χ0n) is 12.2. The minimum Gasteiger partial charge on any atom is -0.332 e. The summed E-state index contributed by atoms with van der Waals surface area (Å²) in [5.41, 5.74) is 3.47. The summed E-state index contributed by atoms with van der Waals surface area (Å²) in [6, 6.07) is 6.44. The third-order valence-electron chi connectivity index (χ3n) is 3.59. The molecule has 1 heterocycles. The maximum atomic E-state index is 12.2. The number of urea groups is 1. The lowest BCUT2D eigenvalue weighted by molar-refractivity contribution is 0.250. The number of nitrogens with one attached hydrogen (secondary N) is 2. The van der Waals surface area contributed by atoms with Gasteiger partial charge in [-0.1, -0.05) is 32.0 Å². The number of rotatable bonds is 4. The number of nitrogens with zero attached hydrogens (tertiary/aromatic N) is 1. The molecule has 0 saturated carbocycles. The lowest BCUT2D eigenvalue weighted by Gasteiger charge is -2.23. The van der Waals surface area contributed by atoms with Gasteiger partial charge in [0.2, 0.25) is 0 Å². The van der Waals surface area contributed by atoms with Crippen molar-refractivity contribution in [3.05, 3.63) is 29.3 Å². The van der Waals surface area contributed by atoms with Crippen LogP contribution in [0.5, 0.6) is 0 Å². The highest BCUT2D eigenvalue weighted by Gasteiger charge is 2.31. The Balaban J connectivity index is 2.34. The molecule has 1 aromatic carbocycles. The maximum absolute atomic E-state index is 12.2. The van der Waals surface area contributed by atoms with E-state index >= 15 is 0 Å². The molecule has 0 bridgehead atoms. The van der Waals surface area contributed by atoms with Crippen molar-refractivity contribution in [2.45, 2.75) is 32.7 Å². The second-order valence-electron chi connectivity index (χ2n) is 5.48. The Labute approximate surface area is 115 Å². The van der Waals surface area contributed by atoms with Crippen LogP contribution in [0.3, 0.4) is 0 Å². The first-order chi connectivity index (χ1) is 9.04. The normalized spacial score (nSPS) is 19.1. The predicted molar refractivity (Wildman–Crippen MR) is 78.9 cm³/mol. The van der Waals surface area contributed by atoms with Crippen molar-refractivity contribution in [2.75, 3.05) is 25.0 Å². The fourth-order valence-corrected chi connectivity index (χ4v) is 2.67. The molecule has 1 aromatic rings. The van der Waals surface area contributed by atoms with Crippen LogP contribution in [0, 0.1) is 6.92 Å². The van der Waals surface area contributed by atoms with E-state index in [2.05, 4.69) is 49.6 Å². The first-order valence-corrected chi connectivity index (χ1v) is 6.86. The smallest absolute Gasteiger partial charge is 0.322 e. The molecule has 1 fully saturated rings. The summed E-state index contributed by atoms with van der Waals surface area (Å²) in [5, 5.41) is 6.13. The highest BCUT2D eigenvalue weighted by molar-refractivity contribution is 5.96. The Morgan fingerprint density at radius 1 is 1.47 bits per heavy atom. The Kier molecular flexibility index (Phi) is 4.10. The highest BCUT2D eigenvalue weighted by Crippen LogP contribution is 2.32. The van der Waals surface area contributed by atoms with E-state index in [1.54, 1.807) is 0 Å². The van der Waals surface area contributed by atoms with Crippen LogP contribution < -0.4 is 15.5 Å². The minimum atomic E-state index is 0.0106. The Morgan fingerprint density at radius 2 is 2.21 bits per heavy atom. The first kappa shape index (κ1) is 13.9. The molecule has 4 nitrogen and oxygen atoms in total. The number of anilines is 1. The molecule has 2 rings (SSSR count). The van der Waals surface area contributed by atoms with Gasteiger partial charge in [-0.15, -0.1) is 0 Å². The third-order valence-corrected chi connectivity index (χ3v) is 3.59. The van der Waals surface area contributed by atoms with E-state index < -0.39 is 0 Å². The van der Waals surface area contributed by atoms with Crippen LogP contribution in [-0.4, -0.2) is 32.2 Å². The fourth-order valence-electron chi connectivity index (χ4n) is 2.67. The van der Waals surface area contributed by atoms with E-state index in [1.807, 2.05) is 11.9 Å². The number of benzene rings is 1. The molecule has 0 spiro atoms. The number of aryl methyl sites for hydroxylation is 1. The van der Waals surface area contributed by atoms with Crippen molar-refractivity contribution in [2.24, 2.45) is 0 Å². The number of likely N-dealkylation sites (N-methyl/N-ethyl adjacent to an activating group) is 1. The van der Waals surface area contributed by atoms with Gasteiger partial charge in [0.15, 0.2) is 0 Å². The van der Waals surface area contributed by atoms with Crippen molar-refractivity contribution in [1.29, 1.82) is 0 Å². The molecule has 1 saturated heterocycles. The fraction of sp³-hybridized carbons (Fsp3) is 0.533. The monoisotopic (exact) mass is 261 g/mol. The van der Waals surface area contributed by atoms with Gasteiger partial charge in [0, 0.05) is 13.1 Å². The van der Waals surface area contributed by atoms with Gasteiger partial charge in [0.1, 0.15) is 0 Å². The number of carbonyl (C=O) groups is 1. The zero-order valence-corrected chi connectivity index (χ0v) is 12.2. The highest BCUT2D eigenvalue weighted by atomic mass is 16.2. The molecule has 1 aliphatic rings. The summed E-state index contributed by atoms with van der Waals surface area (Å²) in [7, 11) is 1.90. The van der Waals surface area contributed by atoms with Crippen LogP contribution in [-0.2, 0) is 0 Å². The van der Waals surface area contributed by atoms with E-state index in [-0.39, 0.29) is 12.1 Å². The molecule has 19 heavy (non-hydrogen) atoms. The van der Waals surface area contributed by atoms with E-state index in [0.29, 0.717) is 5.92 Å². The second kappa shape index (κ2) is 5.61. The number of carbonyl (C=O) groups excluding carboxylic acids is 1. The van der Waals surface area contributed by atoms with Crippen molar-refractivity contribution in [3.63, 3.8) is 0 Å². The number of hydrogen-bond acceptors (Lipinski definition) is 2. The SMILES string of the molecule is CNCC1CN(c2c(C)cccc2C(C)C)C(=O)N1. The first-order valence-electron chi connectivity index (χ1n) is 6.86. The Morgan fingerprint density at radius 3 is 2.84 bits per heavy atom. The average Bonchev–Trinajstić information content (AvgIpc) is 2.70. The van der Waals surface area contributed by atoms with Crippen LogP contribution in [0.4, 0.5) is 10.5 Å². The maximum Gasteiger partial charge on any atom is 0.322 e. The Hall–Kier alpha value is -1.55. The van der Waals surface area contributed by atoms with Gasteiger partial charge >= 0.3 is 6.03 Å². The summed E-state index contributed by atoms with van der Waals surface area (Å²) < 4.78 is 0. The van der Waals surface area contributed by atoms with Crippen LogP contribution >= 0.6 is 0 Å². The quantitative estimate of drug-likeness (QED) is 0.873. The average molecular weight is 261 g/mol. The van der Waals surface area contributed by atoms with Gasteiger partial charge in [0.25, 0.3) is 0 Å². The lowest BCUT2D eigenvalue weighted by atomic mass is 9.97. The van der Waals surface area contributed by atoms with Gasteiger partial charge < -0.3 is 10.6 Å². The largest absolute Gasteiger partial charge is 0.332 e. The van der Waals surface area contributed by atoms with E-state index in [9.17, 15) is 4.79 Å². The molecule has 1 unspecified atom stereocenters. The van der Waals surface area contributed by atoms with Crippen molar-refractivity contribution in [1.82, 2.24) is 10.6 Å². The summed E-state index contributed by atoms with van der Waals surface area (Å²) >= 11 is 0. The lowest BCUT2D eigenvalue weighted by Crippen LogP contribution is -2.35. The number of amides is 2. The summed E-state index contributed by atoms with van der Waals surface area (Å²) in [5.74, 6) is 0.408. The second-order valence-corrected chi connectivity index (χ2v) is 5.48. The minimum absolute atomic E-state index is 0.0106. The van der Waals surface area contributed by atoms with Crippen molar-refractivity contribution in [3.8, 4) is 0 Å². The molecule has 0 radical (unpaired) electrons.